The van der Waals surface area contributed by atoms with Crippen LogP contribution in [0.1, 0.15) is 13.8 Å². The van der Waals surface area contributed by atoms with Crippen molar-refractivity contribution in [2.75, 3.05) is 0 Å². The van der Waals surface area contributed by atoms with Crippen LogP contribution in [-0.4, -0.2) is 23.0 Å². The first-order chi connectivity index (χ1) is 4.95. The second kappa shape index (κ2) is 3.75. The first kappa shape index (κ1) is 9.68. The lowest BCUT2D eigenvalue weighted by atomic mass is 10.3. The third-order valence-corrected chi connectivity index (χ3v) is 1.11. The summed E-state index contributed by atoms with van der Waals surface area (Å²) in [6, 6.07) is -0.862. The van der Waals surface area contributed by atoms with Gasteiger partial charge in [-0.15, -0.1) is 0 Å². The van der Waals surface area contributed by atoms with Gasteiger partial charge >= 0.3 is 5.97 Å². The summed E-state index contributed by atoms with van der Waals surface area (Å²) in [6.07, 6.45) is 0. The first-order valence-corrected chi connectivity index (χ1v) is 3.14. The molecular formula is C7H11NO3. The zero-order valence-electron chi connectivity index (χ0n) is 6.55. The van der Waals surface area contributed by atoms with E-state index in [1.807, 2.05) is 0 Å². The van der Waals surface area contributed by atoms with Gasteiger partial charge in [-0.05, 0) is 13.8 Å². The Labute approximate surface area is 64.9 Å². The molecule has 4 heteroatoms. The Balaban J connectivity index is 3.95. The topological polar surface area (TPSA) is 66.4 Å². The number of hydrogen-bond acceptors (Lipinski definition) is 2. The van der Waals surface area contributed by atoms with Crippen LogP contribution < -0.4 is 5.32 Å². The van der Waals surface area contributed by atoms with Crippen molar-refractivity contribution in [3.63, 3.8) is 0 Å². The summed E-state index contributed by atoms with van der Waals surface area (Å²) in [5.74, 6) is -1.49. The van der Waals surface area contributed by atoms with Crippen LogP contribution in [0.15, 0.2) is 12.2 Å². The molecule has 0 unspecified atom stereocenters. The summed E-state index contributed by atoms with van der Waals surface area (Å²) < 4.78 is 0. The predicted octanol–water partition coefficient (Wildman–Crippen LogP) is 0.152. The molecule has 0 aliphatic carbocycles. The maximum absolute atomic E-state index is 10.8. The number of carbonyl (C=O) groups is 2. The first-order valence-electron chi connectivity index (χ1n) is 3.14. The number of rotatable bonds is 3. The highest BCUT2D eigenvalue weighted by Crippen LogP contribution is 1.88. The van der Waals surface area contributed by atoms with Crippen LogP contribution in [0, 0.1) is 0 Å². The Kier molecular flexibility index (Phi) is 3.30. The number of carboxylic acid groups (broad SMARTS) is 1. The van der Waals surface area contributed by atoms with Gasteiger partial charge in [0, 0.05) is 5.57 Å². The van der Waals surface area contributed by atoms with Crippen molar-refractivity contribution in [1.29, 1.82) is 0 Å². The Hall–Kier alpha value is -1.32. The van der Waals surface area contributed by atoms with Crippen molar-refractivity contribution < 1.29 is 14.7 Å². The highest BCUT2D eigenvalue weighted by Gasteiger charge is 2.13. The monoisotopic (exact) mass is 157 g/mol. The van der Waals surface area contributed by atoms with E-state index in [0.29, 0.717) is 5.57 Å². The minimum atomic E-state index is -1.06. The van der Waals surface area contributed by atoms with Crippen molar-refractivity contribution in [3.05, 3.63) is 12.2 Å². The van der Waals surface area contributed by atoms with Crippen LogP contribution in [0.25, 0.3) is 0 Å². The number of amides is 1. The van der Waals surface area contributed by atoms with Gasteiger partial charge in [-0.3, -0.25) is 9.59 Å². The molecule has 0 bridgehead atoms. The SMILES string of the molecule is C=C(C)C(=O)N[C@H](C)C(=O)O. The highest BCUT2D eigenvalue weighted by atomic mass is 16.4. The molecule has 62 valence electrons. The lowest BCUT2D eigenvalue weighted by Crippen LogP contribution is -2.38. The van der Waals surface area contributed by atoms with E-state index in [-0.39, 0.29) is 0 Å². The Morgan fingerprint density at radius 3 is 2.27 bits per heavy atom. The maximum Gasteiger partial charge on any atom is 0.325 e. The predicted molar refractivity (Wildman–Crippen MR) is 40.1 cm³/mol. The fourth-order valence-corrected chi connectivity index (χ4v) is 0.382. The molecule has 0 aromatic rings. The molecule has 0 heterocycles. The molecule has 11 heavy (non-hydrogen) atoms. The van der Waals surface area contributed by atoms with Gasteiger partial charge < -0.3 is 10.4 Å². The van der Waals surface area contributed by atoms with Crippen molar-refractivity contribution in [2.45, 2.75) is 19.9 Å². The van der Waals surface area contributed by atoms with E-state index in [1.165, 1.54) is 13.8 Å². The summed E-state index contributed by atoms with van der Waals surface area (Å²) in [7, 11) is 0. The summed E-state index contributed by atoms with van der Waals surface area (Å²) in [5, 5.41) is 10.6. The van der Waals surface area contributed by atoms with Crippen LogP contribution in [0.4, 0.5) is 0 Å². The number of aliphatic carboxylic acids is 1. The smallest absolute Gasteiger partial charge is 0.325 e. The van der Waals surface area contributed by atoms with E-state index in [2.05, 4.69) is 11.9 Å². The zero-order valence-corrected chi connectivity index (χ0v) is 6.55. The van der Waals surface area contributed by atoms with Crippen molar-refractivity contribution in [1.82, 2.24) is 5.32 Å². The number of hydrogen-bond donors (Lipinski definition) is 2. The molecule has 0 aromatic heterocycles. The van der Waals surface area contributed by atoms with Gasteiger partial charge in [-0.2, -0.15) is 0 Å². The van der Waals surface area contributed by atoms with Gasteiger partial charge in [0.1, 0.15) is 6.04 Å². The Morgan fingerprint density at radius 2 is 2.00 bits per heavy atom. The molecule has 0 rings (SSSR count). The largest absolute Gasteiger partial charge is 0.480 e. The van der Waals surface area contributed by atoms with E-state index >= 15 is 0 Å². The van der Waals surface area contributed by atoms with Gasteiger partial charge in [0.15, 0.2) is 0 Å². The van der Waals surface area contributed by atoms with Crippen molar-refractivity contribution >= 4 is 11.9 Å². The van der Waals surface area contributed by atoms with Gasteiger partial charge in [0.05, 0.1) is 0 Å². The van der Waals surface area contributed by atoms with E-state index in [1.54, 1.807) is 0 Å². The normalized spacial score (nSPS) is 11.8. The highest BCUT2D eigenvalue weighted by molar-refractivity contribution is 5.94. The van der Waals surface area contributed by atoms with Crippen LogP contribution in [0.5, 0.6) is 0 Å². The second-order valence-electron chi connectivity index (χ2n) is 2.31. The van der Waals surface area contributed by atoms with Gasteiger partial charge in [0.25, 0.3) is 0 Å². The fourth-order valence-electron chi connectivity index (χ4n) is 0.382. The van der Waals surface area contributed by atoms with Crippen molar-refractivity contribution in [2.24, 2.45) is 0 Å². The lowest BCUT2D eigenvalue weighted by molar-refractivity contribution is -0.140. The quantitative estimate of drug-likeness (QED) is 0.573. The molecule has 1 atom stereocenters. The number of carbonyl (C=O) groups excluding carboxylic acids is 1. The lowest BCUT2D eigenvalue weighted by Gasteiger charge is -2.07. The fraction of sp³-hybridized carbons (Fsp3) is 0.429. The van der Waals surface area contributed by atoms with E-state index in [9.17, 15) is 9.59 Å². The molecule has 2 N–H and O–H groups in total. The maximum atomic E-state index is 10.8. The summed E-state index contributed by atoms with van der Waals surface area (Å²) in [6.45, 7) is 6.27. The van der Waals surface area contributed by atoms with Gasteiger partial charge in [-0.1, -0.05) is 6.58 Å². The molecule has 4 nitrogen and oxygen atoms in total. The minimum Gasteiger partial charge on any atom is -0.480 e. The Morgan fingerprint density at radius 1 is 1.55 bits per heavy atom. The van der Waals surface area contributed by atoms with E-state index in [4.69, 9.17) is 5.11 Å². The number of carboxylic acids is 1. The van der Waals surface area contributed by atoms with E-state index in [0.717, 1.165) is 0 Å². The molecule has 0 saturated heterocycles. The number of nitrogens with one attached hydrogen (secondary N) is 1. The molecular weight excluding hydrogens is 146 g/mol. The standard InChI is InChI=1S/C7H11NO3/c1-4(2)6(9)8-5(3)7(10)11/h5H,1H2,2-3H3,(H,8,9)(H,10,11)/t5-/m1/s1. The van der Waals surface area contributed by atoms with Gasteiger partial charge in [-0.25, -0.2) is 0 Å². The molecule has 0 radical (unpaired) electrons. The molecule has 0 fully saturated rings. The van der Waals surface area contributed by atoms with E-state index < -0.39 is 17.9 Å². The molecule has 0 aromatic carbocycles. The van der Waals surface area contributed by atoms with Gasteiger partial charge in [0.2, 0.25) is 5.91 Å². The molecule has 1 amide bonds. The molecule has 0 spiro atoms. The molecule has 0 aliphatic rings. The molecule has 0 aliphatic heterocycles. The minimum absolute atomic E-state index is 0.304. The van der Waals surface area contributed by atoms with Crippen molar-refractivity contribution in [3.8, 4) is 0 Å². The zero-order chi connectivity index (χ0) is 9.02. The van der Waals surface area contributed by atoms with Crippen LogP contribution in [0.3, 0.4) is 0 Å². The average Bonchev–Trinajstić information content (AvgIpc) is 1.87. The summed E-state index contributed by atoms with van der Waals surface area (Å²) in [5.41, 5.74) is 0.304. The summed E-state index contributed by atoms with van der Waals surface area (Å²) in [4.78, 5) is 21.0. The van der Waals surface area contributed by atoms with Crippen LogP contribution >= 0.6 is 0 Å². The van der Waals surface area contributed by atoms with Crippen LogP contribution in [-0.2, 0) is 9.59 Å². The third kappa shape index (κ3) is 3.40. The average molecular weight is 157 g/mol. The summed E-state index contributed by atoms with van der Waals surface area (Å²) >= 11 is 0. The Bertz CT molecular complexity index is 198. The second-order valence-corrected chi connectivity index (χ2v) is 2.31. The molecule has 0 saturated carbocycles. The third-order valence-electron chi connectivity index (χ3n) is 1.11. The van der Waals surface area contributed by atoms with Crippen LogP contribution in [0.2, 0.25) is 0 Å².